The topological polar surface area (TPSA) is 24.9 Å². The molecular formula is C10H14Br2N2S. The number of aromatic nitrogens is 1. The lowest BCUT2D eigenvalue weighted by molar-refractivity contribution is 0.670. The summed E-state index contributed by atoms with van der Waals surface area (Å²) < 4.78 is 2.04. The highest BCUT2D eigenvalue weighted by atomic mass is 79.9. The fourth-order valence-corrected chi connectivity index (χ4v) is 2.46. The van der Waals surface area contributed by atoms with Gasteiger partial charge in [0.05, 0.1) is 5.69 Å². The average molecular weight is 354 g/mol. The normalized spacial score (nSPS) is 12.8. The van der Waals surface area contributed by atoms with Crippen LogP contribution < -0.4 is 5.32 Å². The van der Waals surface area contributed by atoms with Crippen molar-refractivity contribution in [2.24, 2.45) is 0 Å². The van der Waals surface area contributed by atoms with Crippen molar-refractivity contribution in [3.8, 4) is 0 Å². The van der Waals surface area contributed by atoms with Gasteiger partial charge in [0.1, 0.15) is 0 Å². The molecular weight excluding hydrogens is 340 g/mol. The van der Waals surface area contributed by atoms with E-state index in [9.17, 15) is 0 Å². The third-order valence-corrected chi connectivity index (χ3v) is 4.10. The zero-order valence-electron chi connectivity index (χ0n) is 8.76. The molecule has 15 heavy (non-hydrogen) atoms. The van der Waals surface area contributed by atoms with E-state index in [2.05, 4.69) is 55.3 Å². The first-order chi connectivity index (χ1) is 7.13. The molecule has 1 unspecified atom stereocenters. The predicted molar refractivity (Wildman–Crippen MR) is 74.3 cm³/mol. The molecule has 1 aromatic heterocycles. The summed E-state index contributed by atoms with van der Waals surface area (Å²) in [6.45, 7) is 4.02. The molecule has 1 atom stereocenters. The Bertz CT molecular complexity index is 320. The minimum absolute atomic E-state index is 0.638. The Labute approximate surface area is 112 Å². The highest BCUT2D eigenvalue weighted by molar-refractivity contribution is 9.11. The van der Waals surface area contributed by atoms with Crippen molar-refractivity contribution in [1.29, 1.82) is 0 Å². The van der Waals surface area contributed by atoms with Crippen LogP contribution in [0, 0.1) is 0 Å². The third-order valence-electron chi connectivity index (χ3n) is 2.01. The monoisotopic (exact) mass is 352 g/mol. The minimum Gasteiger partial charge on any atom is -0.310 e. The van der Waals surface area contributed by atoms with Gasteiger partial charge in [-0.1, -0.05) is 6.92 Å². The van der Waals surface area contributed by atoms with Crippen LogP contribution in [0.25, 0.3) is 0 Å². The van der Waals surface area contributed by atoms with Crippen LogP contribution in [-0.4, -0.2) is 23.0 Å². The maximum atomic E-state index is 4.34. The number of nitrogens with zero attached hydrogens (tertiary/aromatic N) is 1. The summed E-state index contributed by atoms with van der Waals surface area (Å²) in [6.07, 6.45) is 3.94. The summed E-state index contributed by atoms with van der Waals surface area (Å²) in [5.41, 5.74) is 1.05. The Morgan fingerprint density at radius 3 is 2.87 bits per heavy atom. The molecule has 0 spiro atoms. The van der Waals surface area contributed by atoms with Crippen molar-refractivity contribution in [3.05, 3.63) is 26.9 Å². The van der Waals surface area contributed by atoms with E-state index in [1.54, 1.807) is 0 Å². The van der Waals surface area contributed by atoms with Crippen LogP contribution in [0.1, 0.15) is 12.6 Å². The van der Waals surface area contributed by atoms with Crippen LogP contribution in [-0.2, 0) is 6.54 Å². The van der Waals surface area contributed by atoms with E-state index in [1.165, 1.54) is 0 Å². The summed E-state index contributed by atoms with van der Waals surface area (Å²) in [4.78, 5) is 4.34. The van der Waals surface area contributed by atoms with Crippen molar-refractivity contribution < 1.29 is 0 Å². The number of hydrogen-bond acceptors (Lipinski definition) is 3. The molecule has 0 aromatic carbocycles. The predicted octanol–water partition coefficient (Wildman–Crippen LogP) is 3.45. The molecule has 5 heteroatoms. The maximum absolute atomic E-state index is 4.34. The van der Waals surface area contributed by atoms with Crippen LogP contribution in [0.2, 0.25) is 0 Å². The molecule has 0 saturated carbocycles. The molecule has 0 radical (unpaired) electrons. The van der Waals surface area contributed by atoms with Crippen LogP contribution in [0.4, 0.5) is 0 Å². The molecule has 1 rings (SSSR count). The molecule has 0 aliphatic rings. The van der Waals surface area contributed by atoms with Crippen LogP contribution in [0.3, 0.4) is 0 Å². The number of pyridine rings is 1. The molecule has 84 valence electrons. The lowest BCUT2D eigenvalue weighted by atomic mass is 10.3. The Morgan fingerprint density at radius 2 is 2.27 bits per heavy atom. The van der Waals surface area contributed by atoms with Gasteiger partial charge in [-0.2, -0.15) is 11.8 Å². The fourth-order valence-electron chi connectivity index (χ4n) is 1.05. The third kappa shape index (κ3) is 4.85. The van der Waals surface area contributed by atoms with Gasteiger partial charge in [0.25, 0.3) is 0 Å². The quantitative estimate of drug-likeness (QED) is 0.877. The molecule has 1 heterocycles. The SMILES string of the molecule is CSC(C)CNCc1ncc(Br)cc1Br. The standard InChI is InChI=1S/C10H14Br2N2S/c1-7(15-2)4-13-6-10-9(12)3-8(11)5-14-10/h3,5,7,13H,4,6H2,1-2H3. The van der Waals surface area contributed by atoms with Crippen LogP contribution in [0.5, 0.6) is 0 Å². The van der Waals surface area contributed by atoms with E-state index in [0.29, 0.717) is 5.25 Å². The molecule has 1 aromatic rings. The molecule has 0 aliphatic heterocycles. The maximum Gasteiger partial charge on any atom is 0.0684 e. The first-order valence-electron chi connectivity index (χ1n) is 4.67. The van der Waals surface area contributed by atoms with E-state index < -0.39 is 0 Å². The summed E-state index contributed by atoms with van der Waals surface area (Å²) in [7, 11) is 0. The molecule has 0 fully saturated rings. The second-order valence-electron chi connectivity index (χ2n) is 3.26. The lowest BCUT2D eigenvalue weighted by Gasteiger charge is -2.10. The highest BCUT2D eigenvalue weighted by Gasteiger charge is 2.03. The van der Waals surface area contributed by atoms with Gasteiger partial charge >= 0.3 is 0 Å². The van der Waals surface area contributed by atoms with Gasteiger partial charge in [0, 0.05) is 33.5 Å². The number of thioether (sulfide) groups is 1. The van der Waals surface area contributed by atoms with E-state index in [4.69, 9.17) is 0 Å². The second kappa shape index (κ2) is 6.89. The first kappa shape index (κ1) is 13.5. The molecule has 0 saturated heterocycles. The largest absolute Gasteiger partial charge is 0.310 e. The van der Waals surface area contributed by atoms with Crippen molar-refractivity contribution >= 4 is 43.6 Å². The number of rotatable bonds is 5. The molecule has 0 bridgehead atoms. The highest BCUT2D eigenvalue weighted by Crippen LogP contribution is 2.19. The smallest absolute Gasteiger partial charge is 0.0684 e. The van der Waals surface area contributed by atoms with Gasteiger partial charge < -0.3 is 5.32 Å². The average Bonchev–Trinajstić information content (AvgIpc) is 2.21. The van der Waals surface area contributed by atoms with Gasteiger partial charge in [-0.25, -0.2) is 0 Å². The number of nitrogens with one attached hydrogen (secondary N) is 1. The molecule has 0 amide bonds. The van der Waals surface area contributed by atoms with Gasteiger partial charge in [-0.3, -0.25) is 4.98 Å². The van der Waals surface area contributed by atoms with Crippen molar-refractivity contribution in [2.45, 2.75) is 18.7 Å². The lowest BCUT2D eigenvalue weighted by Crippen LogP contribution is -2.22. The van der Waals surface area contributed by atoms with Crippen molar-refractivity contribution in [1.82, 2.24) is 10.3 Å². The van der Waals surface area contributed by atoms with Gasteiger partial charge in [-0.15, -0.1) is 0 Å². The summed E-state index contributed by atoms with van der Waals surface area (Å²) in [5.74, 6) is 0. The van der Waals surface area contributed by atoms with Crippen molar-refractivity contribution in [3.63, 3.8) is 0 Å². The summed E-state index contributed by atoms with van der Waals surface area (Å²) >= 11 is 8.74. The van der Waals surface area contributed by atoms with Gasteiger partial charge in [-0.05, 0) is 44.2 Å². The summed E-state index contributed by atoms with van der Waals surface area (Å²) in [6, 6.07) is 2.02. The Balaban J connectivity index is 2.44. The first-order valence-corrected chi connectivity index (χ1v) is 7.54. The van der Waals surface area contributed by atoms with Crippen molar-refractivity contribution in [2.75, 3.05) is 12.8 Å². The zero-order valence-corrected chi connectivity index (χ0v) is 12.7. The molecule has 1 N–H and O–H groups in total. The van der Waals surface area contributed by atoms with E-state index in [0.717, 1.165) is 27.7 Å². The van der Waals surface area contributed by atoms with Crippen LogP contribution >= 0.6 is 43.6 Å². The number of hydrogen-bond donors (Lipinski definition) is 1. The van der Waals surface area contributed by atoms with E-state index in [1.807, 2.05) is 24.0 Å². The molecule has 0 aliphatic carbocycles. The Morgan fingerprint density at radius 1 is 1.53 bits per heavy atom. The number of halogens is 2. The fraction of sp³-hybridized carbons (Fsp3) is 0.500. The van der Waals surface area contributed by atoms with E-state index >= 15 is 0 Å². The summed E-state index contributed by atoms with van der Waals surface area (Å²) in [5, 5.41) is 4.02. The second-order valence-corrected chi connectivity index (χ2v) is 6.31. The minimum atomic E-state index is 0.638. The van der Waals surface area contributed by atoms with Crippen LogP contribution in [0.15, 0.2) is 21.2 Å². The zero-order chi connectivity index (χ0) is 11.3. The molecule has 2 nitrogen and oxygen atoms in total. The Kier molecular flexibility index (Phi) is 6.19. The van der Waals surface area contributed by atoms with Gasteiger partial charge in [0.15, 0.2) is 0 Å². The van der Waals surface area contributed by atoms with Gasteiger partial charge in [0.2, 0.25) is 0 Å². The van der Waals surface area contributed by atoms with E-state index in [-0.39, 0.29) is 0 Å². The Hall–Kier alpha value is 0.420.